The van der Waals surface area contributed by atoms with Crippen LogP contribution in [0.2, 0.25) is 0 Å². The Bertz CT molecular complexity index is 536. The van der Waals surface area contributed by atoms with E-state index in [1.807, 2.05) is 12.1 Å². The van der Waals surface area contributed by atoms with Gasteiger partial charge in [0, 0.05) is 12.0 Å². The predicted octanol–water partition coefficient (Wildman–Crippen LogP) is 3.93. The van der Waals surface area contributed by atoms with Crippen molar-refractivity contribution < 1.29 is 4.74 Å². The van der Waals surface area contributed by atoms with Crippen LogP contribution >= 0.6 is 11.3 Å². The Kier molecular flexibility index (Phi) is 4.77. The maximum atomic E-state index is 5.78. The molecule has 3 nitrogen and oxygen atoms in total. The number of aromatic nitrogens is 1. The van der Waals surface area contributed by atoms with Gasteiger partial charge < -0.3 is 10.5 Å². The van der Waals surface area contributed by atoms with E-state index in [1.165, 1.54) is 9.71 Å². The Hall–Kier alpha value is -1.13. The van der Waals surface area contributed by atoms with E-state index in [0.29, 0.717) is 12.0 Å². The number of rotatable bonds is 6. The maximum Gasteiger partial charge on any atom is 0.120 e. The van der Waals surface area contributed by atoms with Crippen molar-refractivity contribution in [3.63, 3.8) is 0 Å². The van der Waals surface area contributed by atoms with Crippen molar-refractivity contribution in [3.05, 3.63) is 23.2 Å². The number of nitrogens with zero attached hydrogens (tertiary/aromatic N) is 1. The summed E-state index contributed by atoms with van der Waals surface area (Å²) >= 11 is 1.77. The minimum absolute atomic E-state index is 0.298. The van der Waals surface area contributed by atoms with E-state index in [4.69, 9.17) is 15.5 Å². The van der Waals surface area contributed by atoms with Crippen molar-refractivity contribution in [2.75, 3.05) is 7.11 Å². The lowest BCUT2D eigenvalue weighted by Crippen LogP contribution is -2.14. The summed E-state index contributed by atoms with van der Waals surface area (Å²) in [7, 11) is 1.69. The Morgan fingerprint density at radius 1 is 1.32 bits per heavy atom. The third kappa shape index (κ3) is 3.67. The van der Waals surface area contributed by atoms with Crippen molar-refractivity contribution in [1.29, 1.82) is 0 Å². The lowest BCUT2D eigenvalue weighted by molar-refractivity contribution is 0.415. The third-order valence-electron chi connectivity index (χ3n) is 3.33. The van der Waals surface area contributed by atoms with Gasteiger partial charge >= 0.3 is 0 Å². The van der Waals surface area contributed by atoms with E-state index in [9.17, 15) is 0 Å². The molecule has 0 fully saturated rings. The summed E-state index contributed by atoms with van der Waals surface area (Å²) in [6, 6.07) is 6.35. The molecule has 4 heteroatoms. The number of benzene rings is 1. The number of hydrogen-bond donors (Lipinski definition) is 1. The van der Waals surface area contributed by atoms with Crippen LogP contribution in [0.25, 0.3) is 10.2 Å². The highest BCUT2D eigenvalue weighted by Gasteiger charge is 2.12. The zero-order valence-corrected chi connectivity index (χ0v) is 12.7. The summed E-state index contributed by atoms with van der Waals surface area (Å²) in [5, 5.41) is 1.22. The van der Waals surface area contributed by atoms with Gasteiger partial charge in [-0.3, -0.25) is 0 Å². The molecule has 19 heavy (non-hydrogen) atoms. The van der Waals surface area contributed by atoms with Gasteiger partial charge in [0.2, 0.25) is 0 Å². The minimum Gasteiger partial charge on any atom is -0.497 e. The van der Waals surface area contributed by atoms with E-state index in [-0.39, 0.29) is 0 Å². The summed E-state index contributed by atoms with van der Waals surface area (Å²) in [6.07, 6.45) is 3.40. The molecule has 0 aliphatic carbocycles. The lowest BCUT2D eigenvalue weighted by atomic mass is 10.0. The number of ether oxygens (including phenoxy) is 1. The molecule has 0 aliphatic heterocycles. The van der Waals surface area contributed by atoms with Crippen LogP contribution in [0.4, 0.5) is 0 Å². The first kappa shape index (κ1) is 14.3. The number of hydrogen-bond acceptors (Lipinski definition) is 4. The van der Waals surface area contributed by atoms with Crippen LogP contribution in [0.1, 0.15) is 44.0 Å². The molecule has 104 valence electrons. The molecule has 2 unspecified atom stereocenters. The number of methoxy groups -OCH3 is 1. The predicted molar refractivity (Wildman–Crippen MR) is 82.1 cm³/mol. The molecule has 1 heterocycles. The fraction of sp³-hybridized carbons (Fsp3) is 0.533. The summed E-state index contributed by atoms with van der Waals surface area (Å²) in [5.74, 6) is 1.40. The molecule has 1 aromatic heterocycles. The first-order chi connectivity index (χ1) is 9.10. The van der Waals surface area contributed by atoms with Crippen molar-refractivity contribution in [2.45, 2.75) is 45.1 Å². The van der Waals surface area contributed by atoms with Gasteiger partial charge in [-0.05, 0) is 38.0 Å². The van der Waals surface area contributed by atoms with Crippen LogP contribution < -0.4 is 10.5 Å². The van der Waals surface area contributed by atoms with Crippen molar-refractivity contribution in [1.82, 2.24) is 4.98 Å². The van der Waals surface area contributed by atoms with Gasteiger partial charge in [-0.2, -0.15) is 0 Å². The molecular weight excluding hydrogens is 256 g/mol. The number of thiazole rings is 1. The largest absolute Gasteiger partial charge is 0.497 e. The fourth-order valence-electron chi connectivity index (χ4n) is 2.13. The van der Waals surface area contributed by atoms with E-state index in [1.54, 1.807) is 18.4 Å². The number of nitrogens with two attached hydrogens (primary N) is 1. The Morgan fingerprint density at radius 2 is 2.11 bits per heavy atom. The van der Waals surface area contributed by atoms with E-state index >= 15 is 0 Å². The topological polar surface area (TPSA) is 48.1 Å². The molecular formula is C15H22N2OS. The molecule has 0 amide bonds. The molecule has 2 rings (SSSR count). The smallest absolute Gasteiger partial charge is 0.120 e. The van der Waals surface area contributed by atoms with Crippen LogP contribution in [0.15, 0.2) is 18.2 Å². The average Bonchev–Trinajstić information content (AvgIpc) is 2.80. The summed E-state index contributed by atoms with van der Waals surface area (Å²) < 4.78 is 6.45. The maximum absolute atomic E-state index is 5.78. The molecule has 0 saturated carbocycles. The quantitative estimate of drug-likeness (QED) is 0.871. The zero-order chi connectivity index (χ0) is 13.8. The second-order valence-corrected chi connectivity index (χ2v) is 6.26. The Labute approximate surface area is 118 Å². The normalized spacial score (nSPS) is 14.5. The lowest BCUT2D eigenvalue weighted by Gasteiger charge is -2.09. The van der Waals surface area contributed by atoms with Crippen LogP contribution in [-0.4, -0.2) is 18.1 Å². The van der Waals surface area contributed by atoms with Crippen LogP contribution in [0, 0.1) is 0 Å². The zero-order valence-electron chi connectivity index (χ0n) is 11.8. The van der Waals surface area contributed by atoms with Gasteiger partial charge in [0.15, 0.2) is 0 Å². The highest BCUT2D eigenvalue weighted by atomic mass is 32.1. The SMILES string of the molecule is COc1ccc2nc(C(C)CCCC(C)N)sc2c1. The van der Waals surface area contributed by atoms with Gasteiger partial charge in [-0.15, -0.1) is 11.3 Å². The monoisotopic (exact) mass is 278 g/mol. The highest BCUT2D eigenvalue weighted by molar-refractivity contribution is 7.18. The molecule has 1 aromatic carbocycles. The molecule has 0 radical (unpaired) electrons. The summed E-state index contributed by atoms with van der Waals surface area (Å²) in [6.45, 7) is 4.31. The minimum atomic E-state index is 0.298. The molecule has 2 aromatic rings. The van der Waals surface area contributed by atoms with Crippen LogP contribution in [-0.2, 0) is 0 Å². The van der Waals surface area contributed by atoms with Crippen molar-refractivity contribution in [3.8, 4) is 5.75 Å². The van der Waals surface area contributed by atoms with Gasteiger partial charge in [0.05, 0.1) is 22.3 Å². The standard InChI is InChI=1S/C15H22N2OS/c1-10(5-4-6-11(2)16)15-17-13-8-7-12(18-3)9-14(13)19-15/h7-11H,4-6,16H2,1-3H3. The molecule has 2 atom stereocenters. The van der Waals surface area contributed by atoms with E-state index in [0.717, 1.165) is 30.5 Å². The molecule has 2 N–H and O–H groups in total. The van der Waals surface area contributed by atoms with Gasteiger partial charge in [-0.25, -0.2) is 4.98 Å². The van der Waals surface area contributed by atoms with Gasteiger partial charge in [0.25, 0.3) is 0 Å². The highest BCUT2D eigenvalue weighted by Crippen LogP contribution is 2.32. The molecule has 0 saturated heterocycles. The first-order valence-electron chi connectivity index (χ1n) is 6.80. The van der Waals surface area contributed by atoms with Gasteiger partial charge in [-0.1, -0.05) is 13.3 Å². The average molecular weight is 278 g/mol. The van der Waals surface area contributed by atoms with Crippen molar-refractivity contribution in [2.24, 2.45) is 5.73 Å². The molecule has 0 aliphatic rings. The second kappa shape index (κ2) is 6.35. The van der Waals surface area contributed by atoms with E-state index in [2.05, 4.69) is 19.9 Å². The Balaban J connectivity index is 2.07. The summed E-state index contributed by atoms with van der Waals surface area (Å²) in [4.78, 5) is 4.72. The van der Waals surface area contributed by atoms with Crippen LogP contribution in [0.5, 0.6) is 5.75 Å². The fourth-order valence-corrected chi connectivity index (χ4v) is 3.21. The summed E-state index contributed by atoms with van der Waals surface area (Å²) in [5.41, 5.74) is 6.85. The molecule has 0 bridgehead atoms. The van der Waals surface area contributed by atoms with Crippen LogP contribution in [0.3, 0.4) is 0 Å². The molecule has 0 spiro atoms. The second-order valence-electron chi connectivity index (χ2n) is 5.19. The first-order valence-corrected chi connectivity index (χ1v) is 7.62. The van der Waals surface area contributed by atoms with Gasteiger partial charge in [0.1, 0.15) is 5.75 Å². The third-order valence-corrected chi connectivity index (χ3v) is 4.58. The Morgan fingerprint density at radius 3 is 2.79 bits per heavy atom. The van der Waals surface area contributed by atoms with E-state index < -0.39 is 0 Å². The van der Waals surface area contributed by atoms with Crippen molar-refractivity contribution >= 4 is 21.6 Å². The number of fused-ring (bicyclic) bond motifs is 1.